The second-order valence-corrected chi connectivity index (χ2v) is 7.73. The predicted octanol–water partition coefficient (Wildman–Crippen LogP) is 3.15. The number of benzene rings is 1. The van der Waals surface area contributed by atoms with E-state index in [0.717, 1.165) is 17.1 Å². The second kappa shape index (κ2) is 7.53. The molecule has 6 nitrogen and oxygen atoms in total. The molecule has 1 aliphatic heterocycles. The van der Waals surface area contributed by atoms with Crippen molar-refractivity contribution in [2.75, 3.05) is 11.1 Å². The van der Waals surface area contributed by atoms with Crippen molar-refractivity contribution >= 4 is 23.5 Å². The molecule has 0 spiro atoms. The minimum atomic E-state index is -0.307. The topological polar surface area (TPSA) is 73.2 Å². The number of anilines is 1. The van der Waals surface area contributed by atoms with Crippen molar-refractivity contribution in [3.8, 4) is 5.75 Å². The van der Waals surface area contributed by atoms with Crippen molar-refractivity contribution in [2.45, 2.75) is 44.4 Å². The van der Waals surface area contributed by atoms with Crippen molar-refractivity contribution in [1.29, 1.82) is 0 Å². The van der Waals surface area contributed by atoms with E-state index in [-0.39, 0.29) is 29.9 Å². The summed E-state index contributed by atoms with van der Waals surface area (Å²) >= 11 is 1.48. The average molecular weight is 373 g/mol. The molecule has 2 aromatic rings. The molecule has 0 fully saturated rings. The van der Waals surface area contributed by atoms with E-state index in [4.69, 9.17) is 4.74 Å². The van der Waals surface area contributed by atoms with Gasteiger partial charge in [0.05, 0.1) is 11.7 Å². The summed E-state index contributed by atoms with van der Waals surface area (Å²) in [4.78, 5) is 29.2. The van der Waals surface area contributed by atoms with Gasteiger partial charge in [-0.3, -0.25) is 9.59 Å². The molecule has 1 aromatic heterocycles. The summed E-state index contributed by atoms with van der Waals surface area (Å²) in [6.45, 7) is 5.94. The van der Waals surface area contributed by atoms with Crippen LogP contribution >= 0.6 is 11.8 Å². The molecule has 2 heterocycles. The van der Waals surface area contributed by atoms with E-state index in [0.29, 0.717) is 16.5 Å². The molecule has 0 bridgehead atoms. The molecule has 0 saturated carbocycles. The molecule has 1 N–H and O–H groups in total. The van der Waals surface area contributed by atoms with Crippen LogP contribution in [0.15, 0.2) is 34.2 Å². The fourth-order valence-electron chi connectivity index (χ4n) is 3.13. The highest BCUT2D eigenvalue weighted by Crippen LogP contribution is 2.36. The largest absolute Gasteiger partial charge is 0.491 e. The Morgan fingerprint density at radius 3 is 2.62 bits per heavy atom. The van der Waals surface area contributed by atoms with Gasteiger partial charge < -0.3 is 14.6 Å². The van der Waals surface area contributed by atoms with Crippen LogP contribution in [0.2, 0.25) is 0 Å². The van der Waals surface area contributed by atoms with Crippen LogP contribution in [0.3, 0.4) is 0 Å². The number of nitrogens with zero attached hydrogens (tertiary/aromatic N) is 2. The highest BCUT2D eigenvalue weighted by atomic mass is 32.2. The number of amides is 1. The van der Waals surface area contributed by atoms with Gasteiger partial charge >= 0.3 is 0 Å². The minimum absolute atomic E-state index is 0.0908. The molecule has 7 heteroatoms. The van der Waals surface area contributed by atoms with E-state index in [9.17, 15) is 9.59 Å². The molecule has 138 valence electrons. The van der Waals surface area contributed by atoms with Gasteiger partial charge in [-0.25, -0.2) is 0 Å². The highest BCUT2D eigenvalue weighted by Gasteiger charge is 2.32. The third-order valence-electron chi connectivity index (χ3n) is 4.23. The number of ether oxygens (including phenoxy) is 1. The van der Waals surface area contributed by atoms with Crippen molar-refractivity contribution in [3.05, 3.63) is 45.7 Å². The summed E-state index contributed by atoms with van der Waals surface area (Å²) in [5.41, 5.74) is 1.18. The molecule has 1 aromatic carbocycles. The Labute approximate surface area is 157 Å². The van der Waals surface area contributed by atoms with Crippen molar-refractivity contribution in [2.24, 2.45) is 7.05 Å². The lowest BCUT2D eigenvalue weighted by molar-refractivity contribution is -0.116. The summed E-state index contributed by atoms with van der Waals surface area (Å²) in [5.74, 6) is 1.71. The van der Waals surface area contributed by atoms with Crippen LogP contribution in [0.1, 0.15) is 44.2 Å². The Balaban J connectivity index is 2.05. The third kappa shape index (κ3) is 3.62. The highest BCUT2D eigenvalue weighted by molar-refractivity contribution is 7.99. The molecule has 3 rings (SSSR count). The summed E-state index contributed by atoms with van der Waals surface area (Å²) in [6.07, 6.45) is 0.321. The number of carbonyl (C=O) groups is 1. The first-order valence-corrected chi connectivity index (χ1v) is 9.69. The van der Waals surface area contributed by atoms with E-state index in [1.54, 1.807) is 4.57 Å². The van der Waals surface area contributed by atoms with Crippen LogP contribution in [-0.4, -0.2) is 27.3 Å². The van der Waals surface area contributed by atoms with E-state index >= 15 is 0 Å². The van der Waals surface area contributed by atoms with Gasteiger partial charge in [-0.05, 0) is 37.3 Å². The molecular formula is C19H23N3O3S. The van der Waals surface area contributed by atoms with E-state index < -0.39 is 0 Å². The fourth-order valence-corrected chi connectivity index (χ4v) is 3.82. The molecular weight excluding hydrogens is 350 g/mol. The lowest BCUT2D eigenvalue weighted by Gasteiger charge is -2.27. The van der Waals surface area contributed by atoms with Crippen molar-refractivity contribution < 1.29 is 9.53 Å². The van der Waals surface area contributed by atoms with E-state index in [1.807, 2.05) is 52.1 Å². The number of thioether (sulfide) groups is 1. The SMILES string of the molecule is CCSc1nc(=O)c2c(n1C)NC(=O)C[C@H]2c1ccc(OC(C)C)cc1. The van der Waals surface area contributed by atoms with Crippen LogP contribution in [0.25, 0.3) is 0 Å². The zero-order valence-corrected chi connectivity index (χ0v) is 16.2. The lowest BCUT2D eigenvalue weighted by atomic mass is 9.87. The number of aromatic nitrogens is 2. The molecule has 1 amide bonds. The maximum absolute atomic E-state index is 12.7. The van der Waals surface area contributed by atoms with E-state index in [1.165, 1.54) is 11.8 Å². The standard InChI is InChI=1S/C19H23N3O3S/c1-5-26-19-21-18(24)16-14(10-15(23)20-17(16)22(19)4)12-6-8-13(9-7-12)25-11(2)3/h6-9,11,14H,5,10H2,1-4H3,(H,20,23)/t14-/m0/s1. The number of hydrogen-bond acceptors (Lipinski definition) is 5. The predicted molar refractivity (Wildman–Crippen MR) is 103 cm³/mol. The first-order chi connectivity index (χ1) is 12.4. The van der Waals surface area contributed by atoms with E-state index in [2.05, 4.69) is 10.3 Å². The summed E-state index contributed by atoms with van der Waals surface area (Å²) in [6, 6.07) is 7.58. The normalized spacial score (nSPS) is 16.3. The first kappa shape index (κ1) is 18.5. The molecule has 0 unspecified atom stereocenters. The Bertz CT molecular complexity index is 875. The average Bonchev–Trinajstić information content (AvgIpc) is 2.59. The molecule has 1 atom stereocenters. The maximum atomic E-state index is 12.7. The van der Waals surface area contributed by atoms with Crippen molar-refractivity contribution in [1.82, 2.24) is 9.55 Å². The number of fused-ring (bicyclic) bond motifs is 1. The van der Waals surface area contributed by atoms with Gasteiger partial charge in [0, 0.05) is 19.4 Å². The Morgan fingerprint density at radius 2 is 2.00 bits per heavy atom. The van der Waals surface area contributed by atoms with Gasteiger partial charge in [-0.1, -0.05) is 30.8 Å². The van der Waals surface area contributed by atoms with Crippen molar-refractivity contribution in [3.63, 3.8) is 0 Å². The lowest BCUT2D eigenvalue weighted by Crippen LogP contribution is -2.33. The van der Waals surface area contributed by atoms with Gasteiger partial charge in [0.25, 0.3) is 5.56 Å². The van der Waals surface area contributed by atoms with Crippen LogP contribution in [-0.2, 0) is 11.8 Å². The van der Waals surface area contributed by atoms with Gasteiger partial charge in [0.2, 0.25) is 5.91 Å². The Hall–Kier alpha value is -2.28. The molecule has 0 saturated heterocycles. The fraction of sp³-hybridized carbons (Fsp3) is 0.421. The van der Waals surface area contributed by atoms with Crippen LogP contribution in [0.5, 0.6) is 5.75 Å². The maximum Gasteiger partial charge on any atom is 0.279 e. The quantitative estimate of drug-likeness (QED) is 0.644. The van der Waals surface area contributed by atoms with Gasteiger partial charge in [-0.15, -0.1) is 0 Å². The summed E-state index contributed by atoms with van der Waals surface area (Å²) in [7, 11) is 1.82. The Kier molecular flexibility index (Phi) is 5.36. The third-order valence-corrected chi connectivity index (χ3v) is 5.14. The summed E-state index contributed by atoms with van der Waals surface area (Å²) in [5, 5.41) is 3.46. The van der Waals surface area contributed by atoms with Gasteiger partial charge in [0.1, 0.15) is 11.6 Å². The monoisotopic (exact) mass is 373 g/mol. The molecule has 26 heavy (non-hydrogen) atoms. The van der Waals surface area contributed by atoms with Crippen LogP contribution < -0.4 is 15.6 Å². The van der Waals surface area contributed by atoms with Gasteiger partial charge in [0.15, 0.2) is 5.16 Å². The zero-order valence-electron chi connectivity index (χ0n) is 15.4. The minimum Gasteiger partial charge on any atom is -0.491 e. The zero-order chi connectivity index (χ0) is 18.8. The Morgan fingerprint density at radius 1 is 1.31 bits per heavy atom. The smallest absolute Gasteiger partial charge is 0.279 e. The van der Waals surface area contributed by atoms with Crippen LogP contribution in [0, 0.1) is 0 Å². The summed E-state index contributed by atoms with van der Waals surface area (Å²) < 4.78 is 7.47. The molecule has 0 radical (unpaired) electrons. The molecule has 0 aliphatic carbocycles. The number of carbonyl (C=O) groups excluding carboxylic acids is 1. The van der Waals surface area contributed by atoms with Crippen LogP contribution in [0.4, 0.5) is 5.82 Å². The number of rotatable bonds is 5. The second-order valence-electron chi connectivity index (χ2n) is 6.49. The first-order valence-electron chi connectivity index (χ1n) is 8.70. The number of nitrogens with one attached hydrogen (secondary N) is 1. The van der Waals surface area contributed by atoms with Gasteiger partial charge in [-0.2, -0.15) is 4.98 Å². The molecule has 1 aliphatic rings. The number of hydrogen-bond donors (Lipinski definition) is 1.